The number of benzene rings is 2. The van der Waals surface area contributed by atoms with Crippen molar-refractivity contribution in [1.82, 2.24) is 19.6 Å². The third-order valence-corrected chi connectivity index (χ3v) is 7.50. The molecule has 11 heteroatoms. The first-order chi connectivity index (χ1) is 19.5. The predicted octanol–water partition coefficient (Wildman–Crippen LogP) is 4.83. The number of carbonyl (C=O) groups is 3. The van der Waals surface area contributed by atoms with Crippen LogP contribution in [0.3, 0.4) is 0 Å². The molecule has 1 fully saturated rings. The van der Waals surface area contributed by atoms with Gasteiger partial charge in [-0.3, -0.25) is 18.9 Å². The van der Waals surface area contributed by atoms with Crippen LogP contribution in [0.2, 0.25) is 0 Å². The summed E-state index contributed by atoms with van der Waals surface area (Å²) in [5.74, 6) is -3.94. The fourth-order valence-electron chi connectivity index (χ4n) is 5.13. The number of aromatic nitrogens is 2. The Bertz CT molecular complexity index is 1670. The van der Waals surface area contributed by atoms with E-state index in [-0.39, 0.29) is 28.4 Å². The molecule has 5 rings (SSSR count). The summed E-state index contributed by atoms with van der Waals surface area (Å²) in [6.07, 6.45) is 5.10. The van der Waals surface area contributed by atoms with Gasteiger partial charge in [0.1, 0.15) is 23.0 Å². The molecule has 0 radical (unpaired) electrons. The number of pyridine rings is 1. The van der Waals surface area contributed by atoms with Crippen LogP contribution in [0.15, 0.2) is 60.9 Å². The van der Waals surface area contributed by atoms with Crippen LogP contribution in [0.25, 0.3) is 16.8 Å². The molecular formula is C30H29F2N5O4. The molecule has 0 atom stereocenters. The van der Waals surface area contributed by atoms with Crippen LogP contribution in [0, 0.1) is 11.6 Å². The second-order valence-electron chi connectivity index (χ2n) is 10.6. The molecule has 3 heterocycles. The molecule has 4 aromatic rings. The zero-order chi connectivity index (χ0) is 29.3. The third-order valence-electron chi connectivity index (χ3n) is 7.50. The Hall–Kier alpha value is -4.64. The first-order valence-electron chi connectivity index (χ1n) is 13.2. The fourth-order valence-corrected chi connectivity index (χ4v) is 5.13. The van der Waals surface area contributed by atoms with E-state index in [0.29, 0.717) is 29.9 Å². The van der Waals surface area contributed by atoms with Crippen LogP contribution in [0.4, 0.5) is 14.5 Å². The third kappa shape index (κ3) is 5.80. The normalized spacial score (nSPS) is 14.7. The van der Waals surface area contributed by atoms with Crippen molar-refractivity contribution in [3.8, 4) is 11.1 Å². The molecule has 2 amide bonds. The quantitative estimate of drug-likeness (QED) is 0.284. The highest BCUT2D eigenvalue weighted by Crippen LogP contribution is 2.27. The number of carboxylic acids is 1. The Kier molecular flexibility index (Phi) is 7.55. The van der Waals surface area contributed by atoms with Crippen molar-refractivity contribution < 1.29 is 28.3 Å². The first-order valence-corrected chi connectivity index (χ1v) is 13.2. The Morgan fingerprint density at radius 2 is 1.78 bits per heavy atom. The fraction of sp³-hybridized carbons (Fsp3) is 0.267. The van der Waals surface area contributed by atoms with Gasteiger partial charge in [-0.25, -0.2) is 18.6 Å². The van der Waals surface area contributed by atoms with E-state index in [1.54, 1.807) is 18.3 Å². The van der Waals surface area contributed by atoms with Gasteiger partial charge in [-0.2, -0.15) is 0 Å². The van der Waals surface area contributed by atoms with Gasteiger partial charge in [0.05, 0.1) is 17.4 Å². The van der Waals surface area contributed by atoms with Crippen molar-refractivity contribution >= 4 is 29.1 Å². The van der Waals surface area contributed by atoms with Gasteiger partial charge in [0, 0.05) is 30.4 Å². The van der Waals surface area contributed by atoms with E-state index in [1.807, 2.05) is 0 Å². The summed E-state index contributed by atoms with van der Waals surface area (Å²) in [7, 11) is 0. The van der Waals surface area contributed by atoms with Gasteiger partial charge in [0.2, 0.25) is 0 Å². The molecule has 41 heavy (non-hydrogen) atoms. The molecule has 1 aliphatic heterocycles. The molecule has 0 unspecified atom stereocenters. The van der Waals surface area contributed by atoms with Gasteiger partial charge < -0.3 is 15.7 Å². The molecule has 1 aliphatic rings. The van der Waals surface area contributed by atoms with E-state index in [2.05, 4.69) is 34.4 Å². The second kappa shape index (κ2) is 11.1. The predicted molar refractivity (Wildman–Crippen MR) is 149 cm³/mol. The number of rotatable bonds is 8. The van der Waals surface area contributed by atoms with Crippen LogP contribution >= 0.6 is 0 Å². The molecule has 0 aliphatic carbocycles. The number of carbonyl (C=O) groups excluding carboxylic acids is 2. The number of fused-ring (bicyclic) bond motifs is 1. The van der Waals surface area contributed by atoms with Crippen molar-refractivity contribution in [1.29, 1.82) is 0 Å². The highest BCUT2D eigenvalue weighted by atomic mass is 19.1. The van der Waals surface area contributed by atoms with E-state index in [4.69, 9.17) is 5.11 Å². The smallest absolute Gasteiger partial charge is 0.338 e. The van der Waals surface area contributed by atoms with Crippen molar-refractivity contribution in [3.05, 3.63) is 89.4 Å². The largest absolute Gasteiger partial charge is 0.478 e. The lowest BCUT2D eigenvalue weighted by atomic mass is 10.0. The number of anilines is 1. The average molecular weight is 562 g/mol. The summed E-state index contributed by atoms with van der Waals surface area (Å²) >= 11 is 0. The molecule has 0 saturated carbocycles. The van der Waals surface area contributed by atoms with Crippen molar-refractivity contribution in [2.45, 2.75) is 32.2 Å². The second-order valence-corrected chi connectivity index (χ2v) is 10.6. The van der Waals surface area contributed by atoms with Crippen molar-refractivity contribution in [2.75, 3.05) is 25.0 Å². The van der Waals surface area contributed by atoms with E-state index in [1.165, 1.54) is 34.9 Å². The Labute approximate surface area is 234 Å². The van der Waals surface area contributed by atoms with E-state index in [9.17, 15) is 23.2 Å². The SMILES string of the molecule is CC1(C)CCCN1CCNC(=O)c1ccc(F)c(NC(=O)c2cnc3cc(-c4ccc(C(=O)O)c(F)c4)ccn23)c1. The van der Waals surface area contributed by atoms with Crippen LogP contribution < -0.4 is 10.6 Å². The molecule has 0 spiro atoms. The van der Waals surface area contributed by atoms with E-state index < -0.39 is 29.1 Å². The van der Waals surface area contributed by atoms with Crippen LogP contribution in [-0.4, -0.2) is 62.3 Å². The number of nitrogens with one attached hydrogen (secondary N) is 2. The first kappa shape index (κ1) is 27.9. The maximum atomic E-state index is 14.6. The summed E-state index contributed by atoms with van der Waals surface area (Å²) in [5, 5.41) is 14.4. The van der Waals surface area contributed by atoms with E-state index >= 15 is 0 Å². The Morgan fingerprint density at radius 1 is 1.00 bits per heavy atom. The summed E-state index contributed by atoms with van der Waals surface area (Å²) in [4.78, 5) is 43.4. The molecule has 3 N–H and O–H groups in total. The molecule has 2 aromatic carbocycles. The zero-order valence-corrected chi connectivity index (χ0v) is 22.6. The standard InChI is InChI=1S/C30H29F2N5O4/c1-30(2)9-3-11-36(30)13-10-33-27(38)20-5-7-22(31)24(15-20)35-28(39)25-17-34-26-16-19(8-12-37(25)26)18-4-6-21(29(40)41)23(32)14-18/h4-8,12,14-17H,3,9-11,13H2,1-2H3,(H,33,38)(H,35,39)(H,40,41). The van der Waals surface area contributed by atoms with Crippen molar-refractivity contribution in [3.63, 3.8) is 0 Å². The minimum atomic E-state index is -1.36. The zero-order valence-electron chi connectivity index (χ0n) is 22.6. The number of halogens is 2. The number of hydrogen-bond acceptors (Lipinski definition) is 5. The summed E-state index contributed by atoms with van der Waals surface area (Å²) in [6, 6.07) is 10.8. The summed E-state index contributed by atoms with van der Waals surface area (Å²) in [5.41, 5.74) is 1.20. The molecule has 2 aromatic heterocycles. The molecule has 0 bridgehead atoms. The maximum absolute atomic E-state index is 14.6. The minimum absolute atomic E-state index is 0.100. The average Bonchev–Trinajstić information content (AvgIpc) is 3.51. The number of likely N-dealkylation sites (tertiary alicyclic amines) is 1. The Balaban J connectivity index is 1.28. The lowest BCUT2D eigenvalue weighted by Crippen LogP contribution is -2.43. The van der Waals surface area contributed by atoms with Gasteiger partial charge in [-0.1, -0.05) is 6.07 Å². The van der Waals surface area contributed by atoms with Gasteiger partial charge in [0.25, 0.3) is 11.8 Å². The lowest BCUT2D eigenvalue weighted by molar-refractivity contribution is 0.0691. The topological polar surface area (TPSA) is 116 Å². The van der Waals surface area contributed by atoms with Crippen LogP contribution in [0.1, 0.15) is 57.9 Å². The molecule has 1 saturated heterocycles. The maximum Gasteiger partial charge on any atom is 0.338 e. The molecular weight excluding hydrogens is 532 g/mol. The highest BCUT2D eigenvalue weighted by Gasteiger charge is 2.31. The van der Waals surface area contributed by atoms with E-state index in [0.717, 1.165) is 31.5 Å². The van der Waals surface area contributed by atoms with Gasteiger partial charge >= 0.3 is 5.97 Å². The number of imidazole rings is 1. The number of hydrogen-bond donors (Lipinski definition) is 3. The lowest BCUT2D eigenvalue weighted by Gasteiger charge is -2.31. The minimum Gasteiger partial charge on any atom is -0.478 e. The summed E-state index contributed by atoms with van der Waals surface area (Å²) in [6.45, 7) is 6.51. The molecule has 212 valence electrons. The van der Waals surface area contributed by atoms with Crippen LogP contribution in [0.5, 0.6) is 0 Å². The van der Waals surface area contributed by atoms with Gasteiger partial charge in [0.15, 0.2) is 0 Å². The van der Waals surface area contributed by atoms with Gasteiger partial charge in [-0.05, 0) is 86.8 Å². The Morgan fingerprint density at radius 3 is 2.49 bits per heavy atom. The number of aromatic carboxylic acids is 1. The van der Waals surface area contributed by atoms with Crippen molar-refractivity contribution in [2.24, 2.45) is 0 Å². The monoisotopic (exact) mass is 561 g/mol. The number of amides is 2. The number of carboxylic acid groups (broad SMARTS) is 1. The van der Waals surface area contributed by atoms with Crippen LogP contribution in [-0.2, 0) is 0 Å². The van der Waals surface area contributed by atoms with Gasteiger partial charge in [-0.15, -0.1) is 0 Å². The molecule has 9 nitrogen and oxygen atoms in total. The summed E-state index contributed by atoms with van der Waals surface area (Å²) < 4.78 is 30.2. The number of nitrogens with zero attached hydrogens (tertiary/aromatic N) is 3. The highest BCUT2D eigenvalue weighted by molar-refractivity contribution is 6.04.